The first-order valence-corrected chi connectivity index (χ1v) is 10.3. The van der Waals surface area contributed by atoms with Gasteiger partial charge in [0.05, 0.1) is 0 Å². The van der Waals surface area contributed by atoms with Crippen molar-refractivity contribution in [3.63, 3.8) is 0 Å². The van der Waals surface area contributed by atoms with Crippen molar-refractivity contribution in [3.05, 3.63) is 65.2 Å². The molecule has 1 amide bonds. The summed E-state index contributed by atoms with van der Waals surface area (Å²) < 4.78 is 5.67. The SMILES string of the molecule is CCCCc1ccc(NC(=O)c2cc3ccc(N(CC)CC)cc3oc2=N)cc1. The number of fused-ring (bicyclic) bond motifs is 1. The molecule has 0 aliphatic heterocycles. The van der Waals surface area contributed by atoms with Crippen LogP contribution in [0.25, 0.3) is 11.0 Å². The normalized spacial score (nSPS) is 10.9. The predicted molar refractivity (Wildman–Crippen MR) is 119 cm³/mol. The Morgan fingerprint density at radius 3 is 2.41 bits per heavy atom. The quantitative estimate of drug-likeness (QED) is 0.543. The summed E-state index contributed by atoms with van der Waals surface area (Å²) in [6.45, 7) is 8.17. The number of anilines is 2. The Morgan fingerprint density at radius 2 is 1.76 bits per heavy atom. The van der Waals surface area contributed by atoms with Gasteiger partial charge < -0.3 is 14.6 Å². The van der Waals surface area contributed by atoms with Gasteiger partial charge in [-0.2, -0.15) is 0 Å². The van der Waals surface area contributed by atoms with E-state index in [1.54, 1.807) is 6.07 Å². The minimum Gasteiger partial charge on any atom is -0.438 e. The summed E-state index contributed by atoms with van der Waals surface area (Å²) in [5, 5.41) is 11.9. The third kappa shape index (κ3) is 4.86. The zero-order valence-electron chi connectivity index (χ0n) is 17.4. The molecule has 0 saturated carbocycles. The first-order chi connectivity index (χ1) is 14.0. The molecule has 0 spiro atoms. The van der Waals surface area contributed by atoms with Crippen molar-refractivity contribution in [2.75, 3.05) is 23.3 Å². The first-order valence-electron chi connectivity index (χ1n) is 10.3. The van der Waals surface area contributed by atoms with Gasteiger partial charge in [0, 0.05) is 35.9 Å². The van der Waals surface area contributed by atoms with E-state index >= 15 is 0 Å². The van der Waals surface area contributed by atoms with E-state index in [9.17, 15) is 4.79 Å². The highest BCUT2D eigenvalue weighted by atomic mass is 16.3. The summed E-state index contributed by atoms with van der Waals surface area (Å²) in [4.78, 5) is 14.9. The van der Waals surface area contributed by atoms with Crippen molar-refractivity contribution < 1.29 is 9.21 Å². The van der Waals surface area contributed by atoms with Crippen LogP contribution in [0.4, 0.5) is 11.4 Å². The van der Waals surface area contributed by atoms with Gasteiger partial charge >= 0.3 is 0 Å². The summed E-state index contributed by atoms with van der Waals surface area (Å²) in [7, 11) is 0. The van der Waals surface area contributed by atoms with Gasteiger partial charge in [0.25, 0.3) is 5.91 Å². The molecule has 152 valence electrons. The number of carbonyl (C=O) groups is 1. The maximum Gasteiger partial charge on any atom is 0.261 e. The largest absolute Gasteiger partial charge is 0.438 e. The van der Waals surface area contributed by atoms with Crippen LogP contribution in [-0.2, 0) is 6.42 Å². The van der Waals surface area contributed by atoms with Gasteiger partial charge in [0.15, 0.2) is 0 Å². The van der Waals surface area contributed by atoms with Crippen LogP contribution in [-0.4, -0.2) is 19.0 Å². The van der Waals surface area contributed by atoms with Crippen LogP contribution in [0, 0.1) is 5.41 Å². The Morgan fingerprint density at radius 1 is 1.03 bits per heavy atom. The van der Waals surface area contributed by atoms with Crippen LogP contribution in [0.2, 0.25) is 0 Å². The molecule has 0 unspecified atom stereocenters. The highest BCUT2D eigenvalue weighted by Crippen LogP contribution is 2.22. The average molecular weight is 392 g/mol. The van der Waals surface area contributed by atoms with Crippen LogP contribution < -0.4 is 15.8 Å². The highest BCUT2D eigenvalue weighted by Gasteiger charge is 2.13. The van der Waals surface area contributed by atoms with Crippen molar-refractivity contribution in [3.8, 4) is 0 Å². The smallest absolute Gasteiger partial charge is 0.261 e. The average Bonchev–Trinajstić information content (AvgIpc) is 2.73. The lowest BCUT2D eigenvalue weighted by Gasteiger charge is -2.21. The van der Waals surface area contributed by atoms with Crippen LogP contribution in [0.5, 0.6) is 0 Å². The summed E-state index contributed by atoms with van der Waals surface area (Å²) in [6, 6.07) is 15.5. The molecular weight excluding hydrogens is 362 g/mol. The Kier molecular flexibility index (Phi) is 6.70. The fraction of sp³-hybridized carbons (Fsp3) is 0.333. The number of amides is 1. The molecule has 3 rings (SSSR count). The molecule has 0 saturated heterocycles. The number of carbonyl (C=O) groups excluding carboxylic acids is 1. The number of unbranched alkanes of at least 4 members (excludes halogenated alkanes) is 1. The van der Waals surface area contributed by atoms with Crippen LogP contribution >= 0.6 is 0 Å². The number of hydrogen-bond acceptors (Lipinski definition) is 4. The van der Waals surface area contributed by atoms with E-state index in [0.29, 0.717) is 11.3 Å². The van der Waals surface area contributed by atoms with Gasteiger partial charge in [-0.25, -0.2) is 0 Å². The zero-order valence-corrected chi connectivity index (χ0v) is 17.4. The standard InChI is InChI=1S/C24H29N3O2/c1-4-7-8-17-9-12-19(13-10-17)26-24(28)21-15-18-11-14-20(27(5-2)6-3)16-22(18)29-23(21)25/h9-16,25H,4-8H2,1-3H3,(H,26,28). The Bertz CT molecular complexity index is 1030. The lowest BCUT2D eigenvalue weighted by Crippen LogP contribution is -2.22. The molecule has 1 heterocycles. The minimum absolute atomic E-state index is 0.133. The highest BCUT2D eigenvalue weighted by molar-refractivity contribution is 6.05. The maximum absolute atomic E-state index is 12.7. The van der Waals surface area contributed by atoms with Gasteiger partial charge in [-0.15, -0.1) is 0 Å². The lowest BCUT2D eigenvalue weighted by atomic mass is 10.1. The summed E-state index contributed by atoms with van der Waals surface area (Å²) in [5.41, 5.74) is 3.72. The summed E-state index contributed by atoms with van der Waals surface area (Å²) in [6.07, 6.45) is 3.36. The van der Waals surface area contributed by atoms with E-state index in [1.807, 2.05) is 42.5 Å². The van der Waals surface area contributed by atoms with Gasteiger partial charge in [-0.3, -0.25) is 10.2 Å². The van der Waals surface area contributed by atoms with Gasteiger partial charge in [0.2, 0.25) is 5.55 Å². The first kappa shape index (κ1) is 20.6. The van der Waals surface area contributed by atoms with Crippen molar-refractivity contribution in [2.24, 2.45) is 0 Å². The predicted octanol–water partition coefficient (Wildman–Crippen LogP) is 5.35. The monoisotopic (exact) mass is 391 g/mol. The van der Waals surface area contributed by atoms with Crippen LogP contribution in [0.1, 0.15) is 49.5 Å². The van der Waals surface area contributed by atoms with Gasteiger partial charge in [-0.05, 0) is 62.6 Å². The molecule has 0 aliphatic rings. The fourth-order valence-electron chi connectivity index (χ4n) is 3.40. The van der Waals surface area contributed by atoms with Crippen molar-refractivity contribution in [1.29, 1.82) is 5.41 Å². The van der Waals surface area contributed by atoms with E-state index in [2.05, 4.69) is 31.0 Å². The van der Waals surface area contributed by atoms with Crippen LogP contribution in [0.15, 0.2) is 52.9 Å². The van der Waals surface area contributed by atoms with Gasteiger partial charge in [0.1, 0.15) is 11.1 Å². The number of aryl methyl sites for hydroxylation is 1. The third-order valence-electron chi connectivity index (χ3n) is 5.16. The molecule has 0 aliphatic carbocycles. The molecular formula is C24H29N3O2. The van der Waals surface area contributed by atoms with E-state index in [4.69, 9.17) is 9.83 Å². The Hall–Kier alpha value is -3.08. The Balaban J connectivity index is 1.81. The van der Waals surface area contributed by atoms with Crippen LogP contribution in [0.3, 0.4) is 0 Å². The minimum atomic E-state index is -0.338. The topological polar surface area (TPSA) is 69.3 Å². The second-order valence-electron chi connectivity index (χ2n) is 7.14. The number of nitrogens with one attached hydrogen (secondary N) is 2. The van der Waals surface area contributed by atoms with E-state index in [1.165, 1.54) is 5.56 Å². The molecule has 0 radical (unpaired) electrons. The molecule has 5 heteroatoms. The maximum atomic E-state index is 12.7. The Labute approximate surface area is 171 Å². The van der Waals surface area contributed by atoms with E-state index in [-0.39, 0.29) is 17.0 Å². The lowest BCUT2D eigenvalue weighted by molar-refractivity contribution is 0.102. The molecule has 2 N–H and O–H groups in total. The molecule has 0 fully saturated rings. The summed E-state index contributed by atoms with van der Waals surface area (Å²) in [5.74, 6) is -0.338. The number of rotatable bonds is 8. The second kappa shape index (κ2) is 9.41. The van der Waals surface area contributed by atoms with Gasteiger partial charge in [-0.1, -0.05) is 25.5 Å². The molecule has 2 aromatic carbocycles. The van der Waals surface area contributed by atoms with Crippen molar-refractivity contribution in [1.82, 2.24) is 0 Å². The molecule has 0 bridgehead atoms. The molecule has 5 nitrogen and oxygen atoms in total. The van der Waals surface area contributed by atoms with E-state index in [0.717, 1.165) is 43.4 Å². The third-order valence-corrected chi connectivity index (χ3v) is 5.16. The second-order valence-corrected chi connectivity index (χ2v) is 7.14. The molecule has 29 heavy (non-hydrogen) atoms. The fourth-order valence-corrected chi connectivity index (χ4v) is 3.40. The summed E-state index contributed by atoms with van der Waals surface area (Å²) >= 11 is 0. The number of hydrogen-bond donors (Lipinski definition) is 2. The zero-order chi connectivity index (χ0) is 20.8. The molecule has 1 aromatic heterocycles. The molecule has 3 aromatic rings. The number of nitrogens with zero attached hydrogens (tertiary/aromatic N) is 1. The molecule has 0 atom stereocenters. The van der Waals surface area contributed by atoms with Crippen molar-refractivity contribution in [2.45, 2.75) is 40.0 Å². The van der Waals surface area contributed by atoms with Crippen molar-refractivity contribution >= 4 is 28.3 Å². The van der Waals surface area contributed by atoms with E-state index < -0.39 is 0 Å². The number of benzene rings is 2.